The zero-order chi connectivity index (χ0) is 22.7. The van der Waals surface area contributed by atoms with Gasteiger partial charge >= 0.3 is 0 Å². The molecule has 0 radical (unpaired) electrons. The van der Waals surface area contributed by atoms with Gasteiger partial charge < -0.3 is 14.6 Å². The van der Waals surface area contributed by atoms with Crippen LogP contribution in [0.1, 0.15) is 41.5 Å². The third-order valence-electron chi connectivity index (χ3n) is 4.91. The number of amides is 1. The molecule has 0 spiro atoms. The monoisotopic (exact) mass is 451 g/mol. The summed E-state index contributed by atoms with van der Waals surface area (Å²) in [6.07, 6.45) is 5.17. The first-order valence-corrected chi connectivity index (χ1v) is 10.4. The maximum absolute atomic E-state index is 13.0. The summed E-state index contributed by atoms with van der Waals surface area (Å²) in [7, 11) is 1.49. The number of tetrazole rings is 1. The first-order chi connectivity index (χ1) is 15.5. The Morgan fingerprint density at radius 1 is 1.25 bits per heavy atom. The van der Waals surface area contributed by atoms with Crippen molar-refractivity contribution in [2.24, 2.45) is 0 Å². The Morgan fingerprint density at radius 2 is 2.09 bits per heavy atom. The van der Waals surface area contributed by atoms with Crippen molar-refractivity contribution in [1.29, 1.82) is 0 Å². The molecule has 0 fully saturated rings. The molecule has 4 rings (SSSR count). The highest BCUT2D eigenvalue weighted by molar-refractivity contribution is 6.33. The maximum Gasteiger partial charge on any atom is 0.259 e. The molecule has 0 aliphatic carbocycles. The summed E-state index contributed by atoms with van der Waals surface area (Å²) in [6, 6.07) is 10.8. The van der Waals surface area contributed by atoms with E-state index in [4.69, 9.17) is 16.3 Å². The number of halogens is 1. The third-order valence-corrected chi connectivity index (χ3v) is 5.21. The lowest BCUT2D eigenvalue weighted by Crippen LogP contribution is -2.14. The van der Waals surface area contributed by atoms with Crippen LogP contribution in [-0.4, -0.2) is 42.8 Å². The lowest BCUT2D eigenvalue weighted by atomic mass is 10.1. The lowest BCUT2D eigenvalue weighted by molar-refractivity contribution is 0.102. The van der Waals surface area contributed by atoms with Crippen LogP contribution in [0.3, 0.4) is 0 Å². The van der Waals surface area contributed by atoms with Crippen molar-refractivity contribution in [2.45, 2.75) is 26.3 Å². The van der Waals surface area contributed by atoms with E-state index in [9.17, 15) is 4.79 Å². The molecule has 0 bridgehead atoms. The maximum atomic E-state index is 13.0. The predicted octanol–water partition coefficient (Wildman–Crippen LogP) is 3.94. The van der Waals surface area contributed by atoms with Crippen LogP contribution in [0.4, 0.5) is 5.69 Å². The van der Waals surface area contributed by atoms with E-state index in [0.717, 1.165) is 11.4 Å². The van der Waals surface area contributed by atoms with Gasteiger partial charge in [-0.1, -0.05) is 37.6 Å². The molecule has 2 aromatic heterocycles. The van der Waals surface area contributed by atoms with Crippen molar-refractivity contribution in [3.05, 3.63) is 77.1 Å². The van der Waals surface area contributed by atoms with Gasteiger partial charge in [0.1, 0.15) is 17.9 Å². The van der Waals surface area contributed by atoms with Crippen molar-refractivity contribution < 1.29 is 9.53 Å². The fourth-order valence-electron chi connectivity index (χ4n) is 3.43. The molecule has 0 saturated carbocycles. The Morgan fingerprint density at radius 3 is 2.81 bits per heavy atom. The zero-order valence-corrected chi connectivity index (χ0v) is 18.6. The van der Waals surface area contributed by atoms with E-state index in [0.29, 0.717) is 40.2 Å². The van der Waals surface area contributed by atoms with Gasteiger partial charge in [0.25, 0.3) is 5.91 Å². The molecule has 0 aliphatic rings. The van der Waals surface area contributed by atoms with Crippen molar-refractivity contribution in [2.75, 3.05) is 12.4 Å². The van der Waals surface area contributed by atoms with Gasteiger partial charge in [-0.2, -0.15) is 4.68 Å². The Labute approximate surface area is 190 Å². The molecule has 1 amide bonds. The number of aromatic nitrogens is 6. The molecule has 0 aliphatic heterocycles. The van der Waals surface area contributed by atoms with Gasteiger partial charge in [-0.3, -0.25) is 4.79 Å². The molecule has 10 heteroatoms. The van der Waals surface area contributed by atoms with E-state index in [1.807, 2.05) is 30.5 Å². The number of carbonyl (C=O) groups is 1. The molecule has 2 aromatic carbocycles. The van der Waals surface area contributed by atoms with E-state index in [1.54, 1.807) is 12.3 Å². The molecule has 0 atom stereocenters. The molecule has 4 aromatic rings. The van der Waals surface area contributed by atoms with E-state index in [2.05, 4.69) is 44.2 Å². The van der Waals surface area contributed by atoms with Crippen molar-refractivity contribution in [3.8, 4) is 11.4 Å². The molecule has 1 N–H and O–H groups in total. The normalized spacial score (nSPS) is 11.0. The zero-order valence-electron chi connectivity index (χ0n) is 17.9. The number of nitrogens with one attached hydrogen (secondary N) is 1. The SMILES string of the molecule is COc1cc(-n2cnnn2)c(Cl)cc1C(=O)Nc1cccc(Cn2ccnc2C(C)C)c1. The largest absolute Gasteiger partial charge is 0.496 e. The second-order valence-electron chi connectivity index (χ2n) is 7.48. The van der Waals surface area contributed by atoms with Crippen molar-refractivity contribution in [3.63, 3.8) is 0 Å². The smallest absolute Gasteiger partial charge is 0.259 e. The summed E-state index contributed by atoms with van der Waals surface area (Å²) >= 11 is 6.38. The fraction of sp³-hybridized carbons (Fsp3) is 0.227. The van der Waals surface area contributed by atoms with Crippen LogP contribution in [0.15, 0.2) is 55.1 Å². The summed E-state index contributed by atoms with van der Waals surface area (Å²) in [6.45, 7) is 4.88. The number of imidazole rings is 1. The molecule has 0 saturated heterocycles. The summed E-state index contributed by atoms with van der Waals surface area (Å²) in [5, 5.41) is 14.3. The number of nitrogens with zero attached hydrogens (tertiary/aromatic N) is 6. The van der Waals surface area contributed by atoms with Gasteiger partial charge in [0.05, 0.1) is 23.4 Å². The van der Waals surface area contributed by atoms with E-state index in [-0.39, 0.29) is 5.91 Å². The van der Waals surface area contributed by atoms with Crippen LogP contribution in [-0.2, 0) is 6.54 Å². The predicted molar refractivity (Wildman–Crippen MR) is 121 cm³/mol. The molecule has 32 heavy (non-hydrogen) atoms. The number of hydrogen-bond donors (Lipinski definition) is 1. The van der Waals surface area contributed by atoms with Crippen molar-refractivity contribution >= 4 is 23.2 Å². The Balaban J connectivity index is 1.56. The highest BCUT2D eigenvalue weighted by Gasteiger charge is 2.18. The summed E-state index contributed by atoms with van der Waals surface area (Å²) in [5.41, 5.74) is 2.52. The number of ether oxygens (including phenoxy) is 1. The topological polar surface area (TPSA) is 99.8 Å². The minimum atomic E-state index is -0.338. The molecular formula is C22H22ClN7O2. The first-order valence-electron chi connectivity index (χ1n) is 9.98. The van der Waals surface area contributed by atoms with Crippen molar-refractivity contribution in [1.82, 2.24) is 29.8 Å². The fourth-order valence-corrected chi connectivity index (χ4v) is 3.68. The van der Waals surface area contributed by atoms with Gasteiger partial charge in [0.15, 0.2) is 0 Å². The van der Waals surface area contributed by atoms with Gasteiger partial charge in [0.2, 0.25) is 0 Å². The standard InChI is InChI=1S/C22H22ClN7O2/c1-14(2)21-24-7-8-29(21)12-15-5-4-6-16(9-15)26-22(31)17-10-18(23)19(11-20(17)32-3)30-13-25-27-28-30/h4-11,13-14H,12H2,1-3H3,(H,26,31). The molecule has 164 valence electrons. The number of rotatable bonds is 7. The molecule has 2 heterocycles. The summed E-state index contributed by atoms with van der Waals surface area (Å²) < 4.78 is 8.92. The lowest BCUT2D eigenvalue weighted by Gasteiger charge is -2.14. The number of hydrogen-bond acceptors (Lipinski definition) is 6. The Hall–Kier alpha value is -3.72. The summed E-state index contributed by atoms with van der Waals surface area (Å²) in [5.74, 6) is 1.35. The van der Waals surface area contributed by atoms with E-state index in [1.165, 1.54) is 24.2 Å². The number of benzene rings is 2. The quantitative estimate of drug-likeness (QED) is 0.456. The average Bonchev–Trinajstić information content (AvgIpc) is 3.46. The average molecular weight is 452 g/mol. The number of methoxy groups -OCH3 is 1. The molecular weight excluding hydrogens is 430 g/mol. The second kappa shape index (κ2) is 9.19. The molecule has 0 unspecified atom stereocenters. The van der Waals surface area contributed by atoms with Crippen LogP contribution in [0.5, 0.6) is 5.75 Å². The minimum absolute atomic E-state index is 0.302. The van der Waals surface area contributed by atoms with Crippen LogP contribution in [0.2, 0.25) is 5.02 Å². The number of anilines is 1. The highest BCUT2D eigenvalue weighted by atomic mass is 35.5. The Kier molecular flexibility index (Phi) is 6.18. The van der Waals surface area contributed by atoms with E-state index >= 15 is 0 Å². The van der Waals surface area contributed by atoms with Crippen LogP contribution in [0.25, 0.3) is 5.69 Å². The van der Waals surface area contributed by atoms with Gasteiger partial charge in [0, 0.05) is 36.6 Å². The van der Waals surface area contributed by atoms with Gasteiger partial charge in [-0.25, -0.2) is 4.98 Å². The van der Waals surface area contributed by atoms with Crippen LogP contribution in [0, 0.1) is 0 Å². The van der Waals surface area contributed by atoms with Crippen LogP contribution >= 0.6 is 11.6 Å². The first kappa shape index (κ1) is 21.5. The second-order valence-corrected chi connectivity index (χ2v) is 7.89. The third kappa shape index (κ3) is 4.47. The number of carbonyl (C=O) groups excluding carboxylic acids is 1. The molecule has 9 nitrogen and oxygen atoms in total. The van der Waals surface area contributed by atoms with Crippen LogP contribution < -0.4 is 10.1 Å². The Bertz CT molecular complexity index is 1240. The highest BCUT2D eigenvalue weighted by Crippen LogP contribution is 2.30. The van der Waals surface area contributed by atoms with E-state index < -0.39 is 0 Å². The van der Waals surface area contributed by atoms with Gasteiger partial charge in [-0.05, 0) is 34.2 Å². The summed E-state index contributed by atoms with van der Waals surface area (Å²) in [4.78, 5) is 17.4. The van der Waals surface area contributed by atoms with Gasteiger partial charge in [-0.15, -0.1) is 5.10 Å². The minimum Gasteiger partial charge on any atom is -0.496 e.